The summed E-state index contributed by atoms with van der Waals surface area (Å²) >= 11 is 9.06. The highest BCUT2D eigenvalue weighted by atomic mass is 79.9. The number of hydrogen-bond donors (Lipinski definition) is 3. The van der Waals surface area contributed by atoms with Gasteiger partial charge in [0.15, 0.2) is 0 Å². The van der Waals surface area contributed by atoms with Crippen molar-refractivity contribution in [3.8, 4) is 5.75 Å². The van der Waals surface area contributed by atoms with Crippen LogP contribution in [0.1, 0.15) is 5.56 Å². The van der Waals surface area contributed by atoms with E-state index in [2.05, 4.69) is 31.8 Å². The Kier molecular flexibility index (Phi) is 5.80. The van der Waals surface area contributed by atoms with Crippen LogP contribution in [0.25, 0.3) is 0 Å². The van der Waals surface area contributed by atoms with E-state index in [1.165, 1.54) is 6.21 Å². The molecule has 0 aliphatic carbocycles. The zero-order chi connectivity index (χ0) is 15.9. The van der Waals surface area contributed by atoms with E-state index in [0.717, 1.165) is 5.69 Å². The third-order valence-corrected chi connectivity index (χ3v) is 3.50. The average Bonchev–Trinajstić information content (AvgIpc) is 2.51. The molecular formula is C15H13BrClN3O2. The number of anilines is 1. The molecule has 2 rings (SSSR count). The third-order valence-electron chi connectivity index (χ3n) is 2.68. The number of nitrogens with zero attached hydrogens (tertiary/aromatic N) is 1. The second kappa shape index (κ2) is 7.82. The molecule has 0 fully saturated rings. The predicted octanol–water partition coefficient (Wildman–Crippen LogP) is 3.37. The van der Waals surface area contributed by atoms with Gasteiger partial charge >= 0.3 is 0 Å². The molecule has 0 aromatic heterocycles. The van der Waals surface area contributed by atoms with Crippen LogP contribution in [0.4, 0.5) is 5.69 Å². The van der Waals surface area contributed by atoms with Gasteiger partial charge in [0.05, 0.1) is 17.2 Å². The molecule has 0 atom stereocenters. The molecule has 0 aliphatic heterocycles. The summed E-state index contributed by atoms with van der Waals surface area (Å²) in [6.07, 6.45) is 1.33. The van der Waals surface area contributed by atoms with Crippen molar-refractivity contribution in [1.82, 2.24) is 5.43 Å². The van der Waals surface area contributed by atoms with Crippen molar-refractivity contribution in [2.75, 3.05) is 11.9 Å². The minimum Gasteiger partial charge on any atom is -0.506 e. The van der Waals surface area contributed by atoms with Gasteiger partial charge in [0.1, 0.15) is 5.75 Å². The summed E-state index contributed by atoms with van der Waals surface area (Å²) in [6, 6.07) is 12.5. The van der Waals surface area contributed by atoms with Crippen LogP contribution in [0, 0.1) is 0 Å². The van der Waals surface area contributed by atoms with E-state index in [1.807, 2.05) is 30.3 Å². The number of halogens is 2. The second-order valence-corrected chi connectivity index (χ2v) is 5.63. The quantitative estimate of drug-likeness (QED) is 0.548. The fourth-order valence-electron chi connectivity index (χ4n) is 1.64. The fourth-order valence-corrected chi connectivity index (χ4v) is 2.47. The highest BCUT2D eigenvalue weighted by Gasteiger charge is 2.05. The van der Waals surface area contributed by atoms with Crippen molar-refractivity contribution in [2.45, 2.75) is 0 Å². The molecule has 0 radical (unpaired) electrons. The molecule has 0 saturated heterocycles. The maximum absolute atomic E-state index is 11.6. The lowest BCUT2D eigenvalue weighted by Crippen LogP contribution is -2.25. The number of carbonyl (C=O) groups is 1. The highest BCUT2D eigenvalue weighted by Crippen LogP contribution is 2.30. The SMILES string of the molecule is O=C(CNc1ccccc1)NN=Cc1cc(Cl)cc(Br)c1O. The molecule has 2 aromatic rings. The smallest absolute Gasteiger partial charge is 0.259 e. The van der Waals surface area contributed by atoms with Crippen LogP contribution in [-0.4, -0.2) is 23.8 Å². The summed E-state index contributed by atoms with van der Waals surface area (Å²) in [4.78, 5) is 11.6. The molecule has 5 nitrogen and oxygen atoms in total. The molecule has 0 unspecified atom stereocenters. The van der Waals surface area contributed by atoms with Crippen LogP contribution in [-0.2, 0) is 4.79 Å². The normalized spacial score (nSPS) is 10.6. The molecule has 7 heteroatoms. The van der Waals surface area contributed by atoms with Gasteiger partial charge in [0.25, 0.3) is 5.91 Å². The van der Waals surface area contributed by atoms with Gasteiger partial charge in [-0.15, -0.1) is 0 Å². The molecule has 0 bridgehead atoms. The lowest BCUT2D eigenvalue weighted by atomic mass is 10.2. The molecule has 1 amide bonds. The van der Waals surface area contributed by atoms with E-state index in [1.54, 1.807) is 12.1 Å². The molecule has 0 heterocycles. The lowest BCUT2D eigenvalue weighted by molar-refractivity contribution is -0.119. The van der Waals surface area contributed by atoms with Crippen LogP contribution < -0.4 is 10.7 Å². The van der Waals surface area contributed by atoms with E-state index < -0.39 is 0 Å². The van der Waals surface area contributed by atoms with E-state index in [4.69, 9.17) is 11.6 Å². The minimum absolute atomic E-state index is 0.00445. The van der Waals surface area contributed by atoms with Gasteiger partial charge < -0.3 is 10.4 Å². The monoisotopic (exact) mass is 381 g/mol. The highest BCUT2D eigenvalue weighted by molar-refractivity contribution is 9.10. The Hall–Kier alpha value is -2.05. The molecule has 22 heavy (non-hydrogen) atoms. The summed E-state index contributed by atoms with van der Waals surface area (Å²) in [5, 5.41) is 17.0. The number of nitrogens with one attached hydrogen (secondary N) is 2. The number of rotatable bonds is 5. The van der Waals surface area contributed by atoms with Crippen LogP contribution in [0.2, 0.25) is 5.02 Å². The Morgan fingerprint density at radius 1 is 1.32 bits per heavy atom. The Labute approximate surface area is 141 Å². The van der Waals surface area contributed by atoms with Crippen LogP contribution >= 0.6 is 27.5 Å². The fraction of sp³-hybridized carbons (Fsp3) is 0.0667. The molecular weight excluding hydrogens is 370 g/mol. The van der Waals surface area contributed by atoms with Gasteiger partial charge in [-0.1, -0.05) is 29.8 Å². The first-order chi connectivity index (χ1) is 10.6. The first-order valence-corrected chi connectivity index (χ1v) is 7.52. The number of phenolic OH excluding ortho intramolecular Hbond substituents is 1. The van der Waals surface area contributed by atoms with Crippen LogP contribution in [0.5, 0.6) is 5.75 Å². The Balaban J connectivity index is 1.88. The summed E-state index contributed by atoms with van der Waals surface area (Å²) in [6.45, 7) is 0.0899. The summed E-state index contributed by atoms with van der Waals surface area (Å²) in [5.41, 5.74) is 3.61. The van der Waals surface area contributed by atoms with Crippen molar-refractivity contribution in [1.29, 1.82) is 0 Å². The number of hydrazone groups is 1. The summed E-state index contributed by atoms with van der Waals surface area (Å²) < 4.78 is 0.457. The van der Waals surface area contributed by atoms with Crippen LogP contribution in [0.15, 0.2) is 52.0 Å². The van der Waals surface area contributed by atoms with Crippen molar-refractivity contribution in [2.24, 2.45) is 5.10 Å². The number of amides is 1. The van der Waals surface area contributed by atoms with Gasteiger partial charge in [0.2, 0.25) is 0 Å². The standard InChI is InChI=1S/C15H13BrClN3O2/c16-13-7-11(17)6-10(15(13)22)8-19-20-14(21)9-18-12-4-2-1-3-5-12/h1-8,18,22H,9H2,(H,20,21). The Morgan fingerprint density at radius 2 is 2.05 bits per heavy atom. The maximum Gasteiger partial charge on any atom is 0.259 e. The molecule has 0 aliphatic rings. The Morgan fingerprint density at radius 3 is 2.77 bits per heavy atom. The minimum atomic E-state index is -0.305. The second-order valence-electron chi connectivity index (χ2n) is 4.34. The van der Waals surface area contributed by atoms with Crippen molar-refractivity contribution in [3.63, 3.8) is 0 Å². The Bertz CT molecular complexity index is 693. The summed E-state index contributed by atoms with van der Waals surface area (Å²) in [7, 11) is 0. The van der Waals surface area contributed by atoms with Crippen molar-refractivity contribution < 1.29 is 9.90 Å². The largest absolute Gasteiger partial charge is 0.506 e. The predicted molar refractivity (Wildman–Crippen MR) is 91.5 cm³/mol. The number of carbonyl (C=O) groups excluding carboxylic acids is 1. The molecule has 3 N–H and O–H groups in total. The van der Waals surface area contributed by atoms with Gasteiger partial charge in [-0.2, -0.15) is 5.10 Å². The number of aromatic hydroxyl groups is 1. The maximum atomic E-state index is 11.6. The molecule has 114 valence electrons. The van der Waals surface area contributed by atoms with Gasteiger partial charge in [-0.3, -0.25) is 4.79 Å². The lowest BCUT2D eigenvalue weighted by Gasteiger charge is -2.05. The summed E-state index contributed by atoms with van der Waals surface area (Å²) in [5.74, 6) is -0.300. The zero-order valence-electron chi connectivity index (χ0n) is 11.4. The number of phenols is 1. The first kappa shape index (κ1) is 16.3. The average molecular weight is 383 g/mol. The zero-order valence-corrected chi connectivity index (χ0v) is 13.7. The number of hydrogen-bond acceptors (Lipinski definition) is 4. The molecule has 2 aromatic carbocycles. The first-order valence-electron chi connectivity index (χ1n) is 6.35. The van der Waals surface area contributed by atoms with Gasteiger partial charge in [-0.25, -0.2) is 5.43 Å². The number of benzene rings is 2. The van der Waals surface area contributed by atoms with Crippen molar-refractivity contribution in [3.05, 3.63) is 57.5 Å². The van der Waals surface area contributed by atoms with E-state index in [9.17, 15) is 9.90 Å². The van der Waals surface area contributed by atoms with Crippen LogP contribution in [0.3, 0.4) is 0 Å². The van der Waals surface area contributed by atoms with Crippen molar-refractivity contribution >= 4 is 45.3 Å². The van der Waals surface area contributed by atoms with Gasteiger partial charge in [-0.05, 0) is 40.2 Å². The topological polar surface area (TPSA) is 73.7 Å². The molecule has 0 spiro atoms. The molecule has 0 saturated carbocycles. The van der Waals surface area contributed by atoms with E-state index in [0.29, 0.717) is 15.1 Å². The third kappa shape index (κ3) is 4.75. The number of para-hydroxylation sites is 1. The van der Waals surface area contributed by atoms with Gasteiger partial charge in [0, 0.05) is 16.3 Å². The van der Waals surface area contributed by atoms with E-state index >= 15 is 0 Å². The van der Waals surface area contributed by atoms with E-state index in [-0.39, 0.29) is 18.2 Å².